The molecule has 0 atom stereocenters. The maximum absolute atomic E-state index is 10.3. The van der Waals surface area contributed by atoms with E-state index in [1.54, 1.807) is 36.0 Å². The molecule has 3 N–H and O–H groups in total. The summed E-state index contributed by atoms with van der Waals surface area (Å²) in [6, 6.07) is 16.6. The summed E-state index contributed by atoms with van der Waals surface area (Å²) in [6.45, 7) is 16.7. The molecule has 0 heterocycles. The monoisotopic (exact) mass is 452 g/mol. The summed E-state index contributed by atoms with van der Waals surface area (Å²) in [5.74, 6) is 1.03. The average Bonchev–Trinajstić information content (AvgIpc) is 2.65. The maximum atomic E-state index is 10.3. The minimum absolute atomic E-state index is 0.117. The van der Waals surface area contributed by atoms with Crippen molar-refractivity contribution < 1.29 is 15.3 Å². The van der Waals surface area contributed by atoms with Crippen LogP contribution in [0.5, 0.6) is 17.2 Å². The Hall–Kier alpha value is -2.59. The van der Waals surface area contributed by atoms with Gasteiger partial charge in [0.2, 0.25) is 0 Å². The zero-order valence-electron chi connectivity index (χ0n) is 20.4. The van der Waals surface area contributed by atoms with Gasteiger partial charge >= 0.3 is 0 Å². The Labute approximate surface area is 197 Å². The smallest absolute Gasteiger partial charge is 0.119 e. The van der Waals surface area contributed by atoms with Crippen LogP contribution in [-0.4, -0.2) is 15.3 Å². The molecule has 0 saturated heterocycles. The molecule has 0 aliphatic rings. The lowest BCUT2D eigenvalue weighted by Gasteiger charge is -2.24. The number of aryl methyl sites for hydroxylation is 2. The van der Waals surface area contributed by atoms with Crippen LogP contribution in [0, 0.1) is 13.8 Å². The number of phenolic OH excluding ortho intramolecular Hbond substituents is 3. The van der Waals surface area contributed by atoms with Gasteiger partial charge in [0, 0.05) is 20.9 Å². The zero-order chi connectivity index (χ0) is 24.3. The number of benzene rings is 3. The number of para-hydroxylation sites is 1. The Kier molecular flexibility index (Phi) is 7.95. The minimum atomic E-state index is -0.117. The summed E-state index contributed by atoms with van der Waals surface area (Å²) in [5.41, 5.74) is 3.78. The molecule has 0 fully saturated rings. The van der Waals surface area contributed by atoms with Crippen LogP contribution in [0.2, 0.25) is 0 Å². The van der Waals surface area contributed by atoms with Crippen LogP contribution in [0.1, 0.15) is 63.8 Å². The second-order valence-corrected chi connectivity index (χ2v) is 11.3. The van der Waals surface area contributed by atoms with E-state index >= 15 is 0 Å². The molecule has 0 bridgehead atoms. The predicted octanol–water partition coefficient (Wildman–Crippen LogP) is 7.85. The second kappa shape index (κ2) is 9.91. The van der Waals surface area contributed by atoms with E-state index < -0.39 is 0 Å². The largest absolute Gasteiger partial charge is 0.508 e. The summed E-state index contributed by atoms with van der Waals surface area (Å²) in [4.78, 5) is 2.27. The van der Waals surface area contributed by atoms with Crippen molar-refractivity contribution in [3.63, 3.8) is 0 Å². The van der Waals surface area contributed by atoms with E-state index in [9.17, 15) is 10.2 Å². The van der Waals surface area contributed by atoms with Crippen LogP contribution in [0.4, 0.5) is 0 Å². The average molecular weight is 453 g/mol. The van der Waals surface area contributed by atoms with Gasteiger partial charge in [-0.1, -0.05) is 71.5 Å². The molecule has 0 saturated carbocycles. The molecule has 0 unspecified atom stereocenters. The fourth-order valence-corrected chi connectivity index (χ4v) is 4.34. The van der Waals surface area contributed by atoms with E-state index in [4.69, 9.17) is 5.11 Å². The Morgan fingerprint density at radius 2 is 0.969 bits per heavy atom. The summed E-state index contributed by atoms with van der Waals surface area (Å²) in [6.07, 6.45) is 0. The standard InChI is InChI=1S/C22H30O2S.C6H6O/c1-13-9-17(23)15(21(3,4)5)11-19(13)25-20-12-16(22(6,7)8)18(24)10-14(20)2;7-6-4-2-1-3-5-6/h9-12,23-24H,1-8H3;1-5,7H. The van der Waals surface area contributed by atoms with Gasteiger partial charge < -0.3 is 15.3 Å². The van der Waals surface area contributed by atoms with Crippen LogP contribution >= 0.6 is 11.8 Å². The van der Waals surface area contributed by atoms with Crippen molar-refractivity contribution in [1.82, 2.24) is 0 Å². The summed E-state index contributed by atoms with van der Waals surface area (Å²) in [5, 5.41) is 29.3. The Bertz CT molecular complexity index is 991. The van der Waals surface area contributed by atoms with E-state index in [2.05, 4.69) is 53.7 Å². The highest BCUT2D eigenvalue weighted by Gasteiger charge is 2.22. The Morgan fingerprint density at radius 3 is 1.25 bits per heavy atom. The second-order valence-electron chi connectivity index (χ2n) is 10.2. The highest BCUT2D eigenvalue weighted by Crippen LogP contribution is 2.42. The van der Waals surface area contributed by atoms with Crippen molar-refractivity contribution in [2.45, 2.75) is 76.0 Å². The first-order valence-electron chi connectivity index (χ1n) is 10.8. The number of hydrogen-bond donors (Lipinski definition) is 3. The van der Waals surface area contributed by atoms with Gasteiger partial charge in [0.1, 0.15) is 17.2 Å². The van der Waals surface area contributed by atoms with E-state index in [1.165, 1.54) is 0 Å². The van der Waals surface area contributed by atoms with Crippen LogP contribution < -0.4 is 0 Å². The summed E-state index contributed by atoms with van der Waals surface area (Å²) in [7, 11) is 0. The first-order chi connectivity index (χ1) is 14.7. The molecule has 3 rings (SSSR count). The normalized spacial score (nSPS) is 11.6. The van der Waals surface area contributed by atoms with Gasteiger partial charge in [-0.05, 0) is 72.2 Å². The quantitative estimate of drug-likeness (QED) is 0.370. The van der Waals surface area contributed by atoms with Gasteiger partial charge in [-0.15, -0.1) is 0 Å². The molecule has 0 aliphatic carbocycles. The minimum Gasteiger partial charge on any atom is -0.508 e. The highest BCUT2D eigenvalue weighted by molar-refractivity contribution is 7.99. The van der Waals surface area contributed by atoms with Crippen LogP contribution in [-0.2, 0) is 10.8 Å². The van der Waals surface area contributed by atoms with Crippen molar-refractivity contribution in [2.75, 3.05) is 0 Å². The van der Waals surface area contributed by atoms with Gasteiger partial charge in [0.25, 0.3) is 0 Å². The fraction of sp³-hybridized carbons (Fsp3) is 0.357. The maximum Gasteiger partial charge on any atom is 0.119 e. The van der Waals surface area contributed by atoms with E-state index in [0.29, 0.717) is 17.2 Å². The van der Waals surface area contributed by atoms with Crippen molar-refractivity contribution in [3.8, 4) is 17.2 Å². The zero-order valence-corrected chi connectivity index (χ0v) is 21.3. The fourth-order valence-electron chi connectivity index (χ4n) is 3.31. The molecule has 0 spiro atoms. The first kappa shape index (κ1) is 25.7. The van der Waals surface area contributed by atoms with Gasteiger partial charge in [-0.25, -0.2) is 0 Å². The van der Waals surface area contributed by atoms with Gasteiger partial charge in [-0.2, -0.15) is 0 Å². The van der Waals surface area contributed by atoms with E-state index in [-0.39, 0.29) is 10.8 Å². The van der Waals surface area contributed by atoms with Gasteiger partial charge in [-0.3, -0.25) is 0 Å². The molecule has 172 valence electrons. The van der Waals surface area contributed by atoms with E-state index in [0.717, 1.165) is 32.0 Å². The Morgan fingerprint density at radius 1 is 0.594 bits per heavy atom. The van der Waals surface area contributed by atoms with Crippen LogP contribution in [0.15, 0.2) is 64.4 Å². The molecule has 0 aliphatic heterocycles. The molecular formula is C28H36O3S. The summed E-state index contributed by atoms with van der Waals surface area (Å²) >= 11 is 1.70. The van der Waals surface area contributed by atoms with Crippen LogP contribution in [0.25, 0.3) is 0 Å². The SMILES string of the molecule is Cc1cc(O)c(C(C)(C)C)cc1Sc1cc(C(C)(C)C)c(O)cc1C.Oc1ccccc1. The molecule has 3 nitrogen and oxygen atoms in total. The number of rotatable bonds is 2. The van der Waals surface area contributed by atoms with Crippen molar-refractivity contribution in [2.24, 2.45) is 0 Å². The third-order valence-corrected chi connectivity index (χ3v) is 6.50. The van der Waals surface area contributed by atoms with Gasteiger partial charge in [0.15, 0.2) is 0 Å². The van der Waals surface area contributed by atoms with Crippen LogP contribution in [0.3, 0.4) is 0 Å². The number of hydrogen-bond acceptors (Lipinski definition) is 4. The van der Waals surface area contributed by atoms with Crippen molar-refractivity contribution in [3.05, 3.63) is 76.9 Å². The molecule has 4 heteroatoms. The molecule has 32 heavy (non-hydrogen) atoms. The van der Waals surface area contributed by atoms with Crippen molar-refractivity contribution >= 4 is 11.8 Å². The van der Waals surface area contributed by atoms with Crippen molar-refractivity contribution in [1.29, 1.82) is 0 Å². The van der Waals surface area contributed by atoms with Gasteiger partial charge in [0.05, 0.1) is 0 Å². The lowest BCUT2D eigenvalue weighted by molar-refractivity contribution is 0.444. The molecule has 0 radical (unpaired) electrons. The van der Waals surface area contributed by atoms with E-state index in [1.807, 2.05) is 32.0 Å². The molecular weight excluding hydrogens is 416 g/mol. The topological polar surface area (TPSA) is 60.7 Å². The summed E-state index contributed by atoms with van der Waals surface area (Å²) < 4.78 is 0. The highest BCUT2D eigenvalue weighted by atomic mass is 32.2. The molecule has 0 amide bonds. The first-order valence-corrected chi connectivity index (χ1v) is 11.6. The lowest BCUT2D eigenvalue weighted by Crippen LogP contribution is -2.12. The third kappa shape index (κ3) is 6.70. The molecule has 0 aromatic heterocycles. The number of aromatic hydroxyl groups is 3. The molecule has 3 aromatic rings. The molecule has 3 aromatic carbocycles. The number of phenols is 3. The Balaban J connectivity index is 0.000000439. The lowest BCUT2D eigenvalue weighted by atomic mass is 9.86. The third-order valence-electron chi connectivity index (χ3n) is 5.18. The predicted molar refractivity (Wildman–Crippen MR) is 135 cm³/mol.